The molecule has 2 aromatic rings. The van der Waals surface area contributed by atoms with Gasteiger partial charge in [-0.05, 0) is 38.5 Å². The summed E-state index contributed by atoms with van der Waals surface area (Å²) in [6.07, 6.45) is -0.161. The largest absolute Gasteiger partial charge is 0.480 e. The van der Waals surface area contributed by atoms with Crippen molar-refractivity contribution in [1.29, 1.82) is 0 Å². The lowest BCUT2D eigenvalue weighted by molar-refractivity contribution is -0.137. The molecule has 126 valence electrons. The number of nitrogens with zero attached hydrogens (tertiary/aromatic N) is 2. The number of hydrogen-bond acceptors (Lipinski definition) is 5. The van der Waals surface area contributed by atoms with Crippen molar-refractivity contribution in [3.63, 3.8) is 0 Å². The minimum atomic E-state index is -1.06. The maximum atomic E-state index is 12.5. The Bertz CT molecular complexity index is 815. The Balaban J connectivity index is 2.09. The van der Waals surface area contributed by atoms with Gasteiger partial charge in [-0.1, -0.05) is 6.92 Å². The summed E-state index contributed by atoms with van der Waals surface area (Å²) in [4.78, 5) is 30.6. The van der Waals surface area contributed by atoms with Gasteiger partial charge in [-0.15, -0.1) is 11.3 Å². The summed E-state index contributed by atoms with van der Waals surface area (Å²) in [7, 11) is 0. The minimum Gasteiger partial charge on any atom is -0.480 e. The van der Waals surface area contributed by atoms with Gasteiger partial charge in [0.15, 0.2) is 6.10 Å². The topological polar surface area (TPSA) is 79.7 Å². The molecule has 3 rings (SSSR count). The van der Waals surface area contributed by atoms with Gasteiger partial charge < -0.3 is 9.84 Å². The van der Waals surface area contributed by atoms with Crippen molar-refractivity contribution in [1.82, 2.24) is 4.98 Å². The van der Waals surface area contributed by atoms with Crippen LogP contribution in [0.25, 0.3) is 11.3 Å². The van der Waals surface area contributed by atoms with Crippen molar-refractivity contribution < 1.29 is 19.4 Å². The molecule has 1 aliphatic heterocycles. The molecule has 6 nitrogen and oxygen atoms in total. The lowest BCUT2D eigenvalue weighted by Gasteiger charge is -2.33. The van der Waals surface area contributed by atoms with E-state index in [9.17, 15) is 9.59 Å². The molecule has 1 aromatic carbocycles. The summed E-state index contributed by atoms with van der Waals surface area (Å²) in [6.45, 7) is 5.38. The third kappa shape index (κ3) is 2.87. The standard InChI is InChI=1S/C17H18N2O4S/c1-4-13-17(22)19(8-15(20)21)12-7-11(5-6-14(12)23-13)16-9(2)24-10(3)18-16/h5-7,13H,4,8H2,1-3H3,(H,20,21). The molecule has 24 heavy (non-hydrogen) atoms. The number of carboxylic acid groups (broad SMARTS) is 1. The minimum absolute atomic E-state index is 0.323. The number of carbonyl (C=O) groups excluding carboxylic acids is 1. The molecule has 0 fully saturated rings. The Morgan fingerprint density at radius 2 is 2.17 bits per heavy atom. The van der Waals surface area contributed by atoms with Gasteiger partial charge >= 0.3 is 5.97 Å². The molecule has 0 saturated heterocycles. The highest BCUT2D eigenvalue weighted by Crippen LogP contribution is 2.39. The second-order valence-electron chi connectivity index (χ2n) is 5.65. The average molecular weight is 346 g/mol. The zero-order chi connectivity index (χ0) is 17.4. The van der Waals surface area contributed by atoms with Crippen LogP contribution in [-0.4, -0.2) is 34.6 Å². The Labute approximate surface area is 143 Å². The summed E-state index contributed by atoms with van der Waals surface area (Å²) in [5.41, 5.74) is 2.17. The van der Waals surface area contributed by atoms with Gasteiger partial charge in [0.1, 0.15) is 12.3 Å². The zero-order valence-electron chi connectivity index (χ0n) is 13.7. The average Bonchev–Trinajstić information content (AvgIpc) is 2.87. The van der Waals surface area contributed by atoms with Crippen molar-refractivity contribution in [3.8, 4) is 17.0 Å². The maximum absolute atomic E-state index is 12.5. The van der Waals surface area contributed by atoms with E-state index in [0.29, 0.717) is 17.9 Å². The third-order valence-corrected chi connectivity index (χ3v) is 4.79. The third-order valence-electron chi connectivity index (χ3n) is 3.90. The van der Waals surface area contributed by atoms with E-state index < -0.39 is 12.1 Å². The molecule has 7 heteroatoms. The summed E-state index contributed by atoms with van der Waals surface area (Å²) in [5.74, 6) is -0.857. The van der Waals surface area contributed by atoms with E-state index in [1.807, 2.05) is 26.8 Å². The number of thiazole rings is 1. The first kappa shape index (κ1) is 16.4. The number of carboxylic acids is 1. The van der Waals surface area contributed by atoms with Gasteiger partial charge in [-0.2, -0.15) is 0 Å². The van der Waals surface area contributed by atoms with E-state index in [4.69, 9.17) is 9.84 Å². The zero-order valence-corrected chi connectivity index (χ0v) is 14.5. The highest BCUT2D eigenvalue weighted by atomic mass is 32.1. The van der Waals surface area contributed by atoms with Crippen molar-refractivity contribution in [3.05, 3.63) is 28.1 Å². The maximum Gasteiger partial charge on any atom is 0.323 e. The molecule has 1 aromatic heterocycles. The van der Waals surface area contributed by atoms with Crippen molar-refractivity contribution in [2.24, 2.45) is 0 Å². The second-order valence-corrected chi connectivity index (χ2v) is 7.06. The van der Waals surface area contributed by atoms with Gasteiger partial charge in [-0.3, -0.25) is 14.5 Å². The second kappa shape index (κ2) is 6.24. The molecular formula is C17H18N2O4S. The molecule has 0 radical (unpaired) electrons. The SMILES string of the molecule is CCC1Oc2ccc(-c3nc(C)sc3C)cc2N(CC(=O)O)C1=O. The number of anilines is 1. The number of carbonyl (C=O) groups is 2. The van der Waals surface area contributed by atoms with Crippen LogP contribution >= 0.6 is 11.3 Å². The van der Waals surface area contributed by atoms with Gasteiger partial charge in [0.25, 0.3) is 5.91 Å². The molecule has 0 spiro atoms. The first-order valence-corrected chi connectivity index (χ1v) is 8.50. The Kier molecular flexibility index (Phi) is 4.28. The van der Waals surface area contributed by atoms with Gasteiger partial charge in [0, 0.05) is 10.4 Å². The molecule has 0 saturated carbocycles. The highest BCUT2D eigenvalue weighted by Gasteiger charge is 2.34. The summed E-state index contributed by atoms with van der Waals surface area (Å²) in [5, 5.41) is 10.1. The molecule has 1 aliphatic rings. The van der Waals surface area contributed by atoms with Gasteiger partial charge in [-0.25, -0.2) is 4.98 Å². The predicted molar refractivity (Wildman–Crippen MR) is 91.7 cm³/mol. The number of fused-ring (bicyclic) bond motifs is 1. The van der Waals surface area contributed by atoms with Crippen LogP contribution in [0.3, 0.4) is 0 Å². The lowest BCUT2D eigenvalue weighted by Crippen LogP contribution is -2.47. The van der Waals surface area contributed by atoms with Crippen LogP contribution in [0.2, 0.25) is 0 Å². The van der Waals surface area contributed by atoms with E-state index >= 15 is 0 Å². The van der Waals surface area contributed by atoms with E-state index in [-0.39, 0.29) is 12.5 Å². The molecular weight excluding hydrogens is 328 g/mol. The van der Waals surface area contributed by atoms with E-state index in [2.05, 4.69) is 4.98 Å². The molecule has 2 heterocycles. The normalized spacial score (nSPS) is 16.7. The van der Waals surface area contributed by atoms with Crippen molar-refractivity contribution >= 4 is 28.9 Å². The first-order chi connectivity index (χ1) is 11.4. The Morgan fingerprint density at radius 1 is 1.42 bits per heavy atom. The predicted octanol–water partition coefficient (Wildman–Crippen LogP) is 3.02. The quantitative estimate of drug-likeness (QED) is 0.920. The van der Waals surface area contributed by atoms with Crippen LogP contribution in [-0.2, 0) is 9.59 Å². The number of aromatic nitrogens is 1. The number of amides is 1. The van der Waals surface area contributed by atoms with Gasteiger partial charge in [0.2, 0.25) is 0 Å². The lowest BCUT2D eigenvalue weighted by atomic mass is 10.1. The molecule has 1 amide bonds. The molecule has 1 atom stereocenters. The highest BCUT2D eigenvalue weighted by molar-refractivity contribution is 7.11. The van der Waals surface area contributed by atoms with Crippen LogP contribution in [0.1, 0.15) is 23.2 Å². The number of aliphatic carboxylic acids is 1. The number of rotatable bonds is 4. The fourth-order valence-corrected chi connectivity index (χ4v) is 3.66. The van der Waals surface area contributed by atoms with E-state index in [0.717, 1.165) is 21.1 Å². The van der Waals surface area contributed by atoms with Crippen LogP contribution in [0.4, 0.5) is 5.69 Å². The number of aryl methyl sites for hydroxylation is 2. The number of hydrogen-bond donors (Lipinski definition) is 1. The smallest absolute Gasteiger partial charge is 0.323 e. The fraction of sp³-hybridized carbons (Fsp3) is 0.353. The molecule has 1 N–H and O–H groups in total. The Morgan fingerprint density at radius 3 is 2.75 bits per heavy atom. The summed E-state index contributed by atoms with van der Waals surface area (Å²) < 4.78 is 5.73. The van der Waals surface area contributed by atoms with Crippen LogP contribution in [0.5, 0.6) is 5.75 Å². The summed E-state index contributed by atoms with van der Waals surface area (Å²) >= 11 is 1.60. The van der Waals surface area contributed by atoms with E-state index in [1.165, 1.54) is 4.90 Å². The molecule has 1 unspecified atom stereocenters. The van der Waals surface area contributed by atoms with Gasteiger partial charge in [0.05, 0.1) is 16.4 Å². The number of benzene rings is 1. The van der Waals surface area contributed by atoms with E-state index in [1.54, 1.807) is 23.5 Å². The first-order valence-electron chi connectivity index (χ1n) is 7.69. The molecule has 0 aliphatic carbocycles. The van der Waals surface area contributed by atoms with Crippen LogP contribution in [0, 0.1) is 13.8 Å². The Hall–Kier alpha value is -2.41. The fourth-order valence-electron chi connectivity index (χ4n) is 2.82. The molecule has 0 bridgehead atoms. The van der Waals surface area contributed by atoms with Crippen LogP contribution < -0.4 is 9.64 Å². The van der Waals surface area contributed by atoms with Crippen LogP contribution in [0.15, 0.2) is 18.2 Å². The monoisotopic (exact) mass is 346 g/mol. The summed E-state index contributed by atoms with van der Waals surface area (Å²) in [6, 6.07) is 5.45. The van der Waals surface area contributed by atoms with Crippen molar-refractivity contribution in [2.75, 3.05) is 11.4 Å². The number of ether oxygens (including phenoxy) is 1. The van der Waals surface area contributed by atoms with Crippen molar-refractivity contribution in [2.45, 2.75) is 33.3 Å².